The van der Waals surface area contributed by atoms with Crippen molar-refractivity contribution in [2.45, 2.75) is 6.04 Å². The monoisotopic (exact) mass is 120 g/mol. The molecule has 2 nitrogen and oxygen atoms in total. The average molecular weight is 120 g/mol. The second kappa shape index (κ2) is 1.79. The van der Waals surface area contributed by atoms with Crippen molar-refractivity contribution >= 4 is 0 Å². The fourth-order valence-corrected chi connectivity index (χ4v) is 1.09. The highest BCUT2D eigenvalue weighted by Gasteiger charge is 2.18. The quantitative estimate of drug-likeness (QED) is 0.464. The first-order valence-corrected chi connectivity index (χ1v) is 3.07. The molecule has 0 aromatic heterocycles. The molecule has 0 amide bonds. The molecular formula is C7H8N2. The summed E-state index contributed by atoms with van der Waals surface area (Å²) in [4.78, 5) is 2.20. The second-order valence-electron chi connectivity index (χ2n) is 2.17. The topological polar surface area (TPSA) is 15.3 Å². The van der Waals surface area contributed by atoms with Crippen LogP contribution in [0, 0.1) is 6.54 Å². The van der Waals surface area contributed by atoms with Gasteiger partial charge in [0.1, 0.15) is 6.54 Å². The van der Waals surface area contributed by atoms with E-state index < -0.39 is 0 Å². The summed E-state index contributed by atoms with van der Waals surface area (Å²) in [5.41, 5.74) is 0. The molecule has 46 valence electrons. The van der Waals surface area contributed by atoms with Crippen LogP contribution in [0.2, 0.25) is 0 Å². The first-order chi connectivity index (χ1) is 4.47. The lowest BCUT2D eigenvalue weighted by Crippen LogP contribution is -2.33. The van der Waals surface area contributed by atoms with Crippen molar-refractivity contribution in [1.29, 1.82) is 0 Å². The third-order valence-corrected chi connectivity index (χ3v) is 1.57. The zero-order chi connectivity index (χ0) is 6.10. The summed E-state index contributed by atoms with van der Waals surface area (Å²) in [6, 6.07) is 0.370. The molecule has 0 aliphatic carbocycles. The van der Waals surface area contributed by atoms with Gasteiger partial charge in [-0.05, 0) is 0 Å². The molecule has 2 heteroatoms. The van der Waals surface area contributed by atoms with E-state index in [2.05, 4.69) is 28.9 Å². The maximum Gasteiger partial charge on any atom is 0.117 e. The molecule has 2 rings (SSSR count). The zero-order valence-electron chi connectivity index (χ0n) is 5.04. The predicted octanol–water partition coefficient (Wildman–Crippen LogP) is 0.340. The third kappa shape index (κ3) is 0.707. The van der Waals surface area contributed by atoms with Gasteiger partial charge in [0, 0.05) is 18.9 Å². The van der Waals surface area contributed by atoms with Crippen LogP contribution in [0.15, 0.2) is 24.6 Å². The fourth-order valence-electron chi connectivity index (χ4n) is 1.09. The highest BCUT2D eigenvalue weighted by molar-refractivity contribution is 5.15. The SMILES string of the molecule is [C]1NC=CN2CC=CC12. The molecule has 0 fully saturated rings. The first kappa shape index (κ1) is 4.91. The molecule has 0 bridgehead atoms. The molecule has 0 spiro atoms. The normalized spacial score (nSPS) is 30.2. The van der Waals surface area contributed by atoms with E-state index in [-0.39, 0.29) is 0 Å². The van der Waals surface area contributed by atoms with Crippen LogP contribution in [-0.4, -0.2) is 17.5 Å². The highest BCUT2D eigenvalue weighted by Crippen LogP contribution is 2.13. The number of hydrogen-bond donors (Lipinski definition) is 1. The molecular weight excluding hydrogens is 112 g/mol. The van der Waals surface area contributed by atoms with E-state index in [4.69, 9.17) is 0 Å². The molecule has 9 heavy (non-hydrogen) atoms. The van der Waals surface area contributed by atoms with Crippen LogP contribution in [0.4, 0.5) is 0 Å². The van der Waals surface area contributed by atoms with Crippen molar-refractivity contribution < 1.29 is 0 Å². The lowest BCUT2D eigenvalue weighted by atomic mass is 10.3. The van der Waals surface area contributed by atoms with Crippen molar-refractivity contribution in [3.63, 3.8) is 0 Å². The van der Waals surface area contributed by atoms with Crippen molar-refractivity contribution in [1.82, 2.24) is 10.2 Å². The van der Waals surface area contributed by atoms with Gasteiger partial charge in [0.15, 0.2) is 0 Å². The van der Waals surface area contributed by atoms with Crippen molar-refractivity contribution in [3.8, 4) is 0 Å². The highest BCUT2D eigenvalue weighted by atomic mass is 15.2. The van der Waals surface area contributed by atoms with Crippen molar-refractivity contribution in [3.05, 3.63) is 31.1 Å². The van der Waals surface area contributed by atoms with Crippen LogP contribution in [0.1, 0.15) is 0 Å². The number of rotatable bonds is 0. The standard InChI is InChI=1S/C7H8N2/c1-2-7-6-8-3-5-9(7)4-1/h1-3,5,7-8H,4H2. The minimum Gasteiger partial charge on any atom is -0.378 e. The molecule has 1 unspecified atom stereocenters. The Bertz CT molecular complexity index is 160. The molecule has 2 aliphatic rings. The lowest BCUT2D eigenvalue weighted by Gasteiger charge is -2.24. The van der Waals surface area contributed by atoms with Crippen LogP contribution in [0.25, 0.3) is 0 Å². The molecule has 1 N–H and O–H groups in total. The van der Waals surface area contributed by atoms with E-state index in [0.717, 1.165) is 6.54 Å². The molecule has 2 heterocycles. The largest absolute Gasteiger partial charge is 0.378 e. The van der Waals surface area contributed by atoms with Crippen LogP contribution >= 0.6 is 0 Å². The van der Waals surface area contributed by atoms with Crippen molar-refractivity contribution in [2.75, 3.05) is 6.54 Å². The van der Waals surface area contributed by atoms with Crippen LogP contribution in [-0.2, 0) is 0 Å². The minimum atomic E-state index is 0.370. The summed E-state index contributed by atoms with van der Waals surface area (Å²) < 4.78 is 0. The summed E-state index contributed by atoms with van der Waals surface area (Å²) in [7, 11) is 0. The summed E-state index contributed by atoms with van der Waals surface area (Å²) >= 11 is 0. The van der Waals surface area contributed by atoms with Gasteiger partial charge in [-0.25, -0.2) is 0 Å². The second-order valence-corrected chi connectivity index (χ2v) is 2.17. The van der Waals surface area contributed by atoms with Crippen molar-refractivity contribution in [2.24, 2.45) is 0 Å². The molecule has 0 saturated heterocycles. The van der Waals surface area contributed by atoms with Gasteiger partial charge in [-0.2, -0.15) is 0 Å². The van der Waals surface area contributed by atoms with Gasteiger partial charge in [0.2, 0.25) is 0 Å². The average Bonchev–Trinajstić information content (AvgIpc) is 2.33. The van der Waals surface area contributed by atoms with Gasteiger partial charge in [0.05, 0.1) is 6.04 Å². The van der Waals surface area contributed by atoms with E-state index in [0.29, 0.717) is 6.04 Å². The van der Waals surface area contributed by atoms with E-state index >= 15 is 0 Å². The Hall–Kier alpha value is -0.920. The van der Waals surface area contributed by atoms with E-state index in [1.54, 1.807) is 0 Å². The van der Waals surface area contributed by atoms with Crippen LogP contribution in [0.3, 0.4) is 0 Å². The van der Waals surface area contributed by atoms with E-state index in [9.17, 15) is 0 Å². The van der Waals surface area contributed by atoms with Crippen LogP contribution < -0.4 is 5.32 Å². The molecule has 0 saturated carbocycles. The summed E-state index contributed by atoms with van der Waals surface area (Å²) in [6.07, 6.45) is 8.22. The van der Waals surface area contributed by atoms with Gasteiger partial charge in [-0.3, -0.25) is 0 Å². The Labute approximate surface area is 54.8 Å². The molecule has 2 aliphatic heterocycles. The van der Waals surface area contributed by atoms with E-state index in [1.807, 2.05) is 12.4 Å². The zero-order valence-corrected chi connectivity index (χ0v) is 5.04. The maximum atomic E-state index is 3.08. The lowest BCUT2D eigenvalue weighted by molar-refractivity contribution is 0.381. The Balaban J connectivity index is 2.16. The molecule has 1 atom stereocenters. The summed E-state index contributed by atoms with van der Waals surface area (Å²) in [5.74, 6) is 0. The van der Waals surface area contributed by atoms with E-state index in [1.165, 1.54) is 0 Å². The first-order valence-electron chi connectivity index (χ1n) is 3.07. The molecule has 2 radical (unpaired) electrons. The smallest absolute Gasteiger partial charge is 0.117 e. The number of hydrogen-bond acceptors (Lipinski definition) is 2. The number of nitrogens with one attached hydrogen (secondary N) is 1. The summed E-state index contributed by atoms with van der Waals surface area (Å²) in [6.45, 7) is 4.11. The van der Waals surface area contributed by atoms with Gasteiger partial charge in [0.25, 0.3) is 0 Å². The van der Waals surface area contributed by atoms with Gasteiger partial charge in [-0.15, -0.1) is 0 Å². The minimum absolute atomic E-state index is 0.370. The van der Waals surface area contributed by atoms with Gasteiger partial charge in [-0.1, -0.05) is 12.2 Å². The van der Waals surface area contributed by atoms with Gasteiger partial charge >= 0.3 is 0 Å². The maximum absolute atomic E-state index is 3.08. The number of fused-ring (bicyclic) bond motifs is 1. The fraction of sp³-hybridized carbons (Fsp3) is 0.286. The predicted molar refractivity (Wildman–Crippen MR) is 35.2 cm³/mol. The Kier molecular flexibility index (Phi) is 0.979. The third-order valence-electron chi connectivity index (χ3n) is 1.57. The molecule has 0 aromatic carbocycles. The Morgan fingerprint density at radius 1 is 1.67 bits per heavy atom. The Morgan fingerprint density at radius 2 is 2.67 bits per heavy atom. The van der Waals surface area contributed by atoms with Gasteiger partial charge < -0.3 is 10.2 Å². The Morgan fingerprint density at radius 3 is 3.56 bits per heavy atom. The van der Waals surface area contributed by atoms with Crippen LogP contribution in [0.5, 0.6) is 0 Å². The number of nitrogens with zero attached hydrogens (tertiary/aromatic N) is 1. The molecule has 0 aromatic rings. The summed E-state index contributed by atoms with van der Waals surface area (Å²) in [5, 5.41) is 2.93.